The average Bonchev–Trinajstić information content (AvgIpc) is 2.47. The fourth-order valence-electron chi connectivity index (χ4n) is 1.88. The lowest BCUT2D eigenvalue weighted by molar-refractivity contribution is -0.142. The van der Waals surface area contributed by atoms with E-state index in [4.69, 9.17) is 0 Å². The smallest absolute Gasteiger partial charge is 0.315 e. The summed E-state index contributed by atoms with van der Waals surface area (Å²) in [5.41, 5.74) is 1.93. The molecule has 0 bridgehead atoms. The summed E-state index contributed by atoms with van der Waals surface area (Å²) >= 11 is 0. The van der Waals surface area contributed by atoms with Crippen LogP contribution in [0, 0.1) is 6.92 Å². The van der Waals surface area contributed by atoms with Crippen LogP contribution in [-0.4, -0.2) is 28.7 Å². The molecule has 2 rings (SSSR count). The second-order valence-corrected chi connectivity index (χ2v) is 4.82. The van der Waals surface area contributed by atoms with Gasteiger partial charge in [-0.1, -0.05) is 30.3 Å². The SMILES string of the molecule is Cc1ccnc(NC(=O)C(=O)N(C)Cc2ccccc2)c1. The molecule has 1 N–H and O–H groups in total. The lowest BCUT2D eigenvalue weighted by Gasteiger charge is -2.16. The first kappa shape index (κ1) is 14.7. The molecule has 5 heteroatoms. The number of carbonyl (C=O) groups excluding carboxylic acids is 2. The zero-order valence-electron chi connectivity index (χ0n) is 12.0. The van der Waals surface area contributed by atoms with Gasteiger partial charge in [-0.3, -0.25) is 9.59 Å². The summed E-state index contributed by atoms with van der Waals surface area (Å²) in [6.07, 6.45) is 1.59. The van der Waals surface area contributed by atoms with Gasteiger partial charge in [-0.15, -0.1) is 0 Å². The quantitative estimate of drug-likeness (QED) is 0.876. The molecule has 0 atom stereocenters. The minimum atomic E-state index is -0.688. The van der Waals surface area contributed by atoms with E-state index < -0.39 is 11.8 Å². The van der Waals surface area contributed by atoms with Crippen molar-refractivity contribution in [3.05, 3.63) is 59.8 Å². The molecular weight excluding hydrogens is 266 g/mol. The number of aryl methyl sites for hydroxylation is 1. The second-order valence-electron chi connectivity index (χ2n) is 4.82. The highest BCUT2D eigenvalue weighted by atomic mass is 16.2. The van der Waals surface area contributed by atoms with E-state index in [1.54, 1.807) is 19.3 Å². The number of amides is 2. The fraction of sp³-hybridized carbons (Fsp3) is 0.188. The van der Waals surface area contributed by atoms with Crippen LogP contribution in [0.25, 0.3) is 0 Å². The summed E-state index contributed by atoms with van der Waals surface area (Å²) in [5.74, 6) is -0.907. The molecule has 0 saturated carbocycles. The highest BCUT2D eigenvalue weighted by Gasteiger charge is 2.19. The van der Waals surface area contributed by atoms with Gasteiger partial charge < -0.3 is 10.2 Å². The molecule has 0 saturated heterocycles. The van der Waals surface area contributed by atoms with Crippen LogP contribution in [0.4, 0.5) is 5.82 Å². The minimum Gasteiger partial charge on any atom is -0.333 e. The van der Waals surface area contributed by atoms with Crippen molar-refractivity contribution in [2.45, 2.75) is 13.5 Å². The van der Waals surface area contributed by atoms with Crippen molar-refractivity contribution in [3.63, 3.8) is 0 Å². The molecule has 21 heavy (non-hydrogen) atoms. The van der Waals surface area contributed by atoms with Crippen LogP contribution in [-0.2, 0) is 16.1 Å². The summed E-state index contributed by atoms with van der Waals surface area (Å²) in [6.45, 7) is 2.27. The normalized spacial score (nSPS) is 10.0. The van der Waals surface area contributed by atoms with Gasteiger partial charge in [0, 0.05) is 19.8 Å². The predicted octanol–water partition coefficient (Wildman–Crippen LogP) is 1.99. The number of pyridine rings is 1. The lowest BCUT2D eigenvalue weighted by atomic mass is 10.2. The van der Waals surface area contributed by atoms with Crippen molar-refractivity contribution in [1.82, 2.24) is 9.88 Å². The third-order valence-electron chi connectivity index (χ3n) is 2.96. The first-order chi connectivity index (χ1) is 10.1. The maximum atomic E-state index is 12.0. The van der Waals surface area contributed by atoms with E-state index in [2.05, 4.69) is 10.3 Å². The Kier molecular flexibility index (Phi) is 4.66. The number of aromatic nitrogens is 1. The third kappa shape index (κ3) is 4.14. The lowest BCUT2D eigenvalue weighted by Crippen LogP contribution is -2.36. The number of hydrogen-bond donors (Lipinski definition) is 1. The summed E-state index contributed by atoms with van der Waals surface area (Å²) in [7, 11) is 1.60. The molecule has 1 heterocycles. The van der Waals surface area contributed by atoms with E-state index in [-0.39, 0.29) is 0 Å². The Labute approximate surface area is 123 Å². The molecule has 108 valence electrons. The molecule has 0 spiro atoms. The minimum absolute atomic E-state index is 0.376. The van der Waals surface area contributed by atoms with Crippen LogP contribution in [0.15, 0.2) is 48.7 Å². The molecular formula is C16H17N3O2. The largest absolute Gasteiger partial charge is 0.333 e. The first-order valence-corrected chi connectivity index (χ1v) is 6.59. The summed E-state index contributed by atoms with van der Waals surface area (Å²) in [5, 5.41) is 2.51. The summed E-state index contributed by atoms with van der Waals surface area (Å²) < 4.78 is 0. The summed E-state index contributed by atoms with van der Waals surface area (Å²) in [6, 6.07) is 13.0. The summed E-state index contributed by atoms with van der Waals surface area (Å²) in [4.78, 5) is 29.3. The predicted molar refractivity (Wildman–Crippen MR) is 80.5 cm³/mol. The van der Waals surface area contributed by atoms with Crippen molar-refractivity contribution >= 4 is 17.6 Å². The number of nitrogens with one attached hydrogen (secondary N) is 1. The molecule has 2 amide bonds. The molecule has 0 unspecified atom stereocenters. The van der Waals surface area contributed by atoms with Crippen molar-refractivity contribution < 1.29 is 9.59 Å². The highest BCUT2D eigenvalue weighted by molar-refractivity contribution is 6.39. The van der Waals surface area contributed by atoms with Gasteiger partial charge in [0.2, 0.25) is 0 Å². The molecule has 0 fully saturated rings. The maximum Gasteiger partial charge on any atom is 0.315 e. The number of nitrogens with zero attached hydrogens (tertiary/aromatic N) is 2. The van der Waals surface area contributed by atoms with Gasteiger partial charge in [0.25, 0.3) is 0 Å². The monoisotopic (exact) mass is 283 g/mol. The van der Waals surface area contributed by atoms with Gasteiger partial charge in [-0.25, -0.2) is 4.98 Å². The second kappa shape index (κ2) is 6.65. The van der Waals surface area contributed by atoms with Crippen molar-refractivity contribution in [2.24, 2.45) is 0 Å². The number of hydrogen-bond acceptors (Lipinski definition) is 3. The average molecular weight is 283 g/mol. The number of rotatable bonds is 3. The highest BCUT2D eigenvalue weighted by Crippen LogP contribution is 2.07. The Balaban J connectivity index is 1.97. The van der Waals surface area contributed by atoms with Crippen LogP contribution in [0.1, 0.15) is 11.1 Å². The van der Waals surface area contributed by atoms with Crippen LogP contribution in [0.3, 0.4) is 0 Å². The maximum absolute atomic E-state index is 12.0. The van der Waals surface area contributed by atoms with Gasteiger partial charge in [-0.05, 0) is 30.2 Å². The van der Waals surface area contributed by atoms with E-state index in [0.29, 0.717) is 12.4 Å². The number of likely N-dealkylation sites (N-methyl/N-ethyl adjacent to an activating group) is 1. The topological polar surface area (TPSA) is 62.3 Å². The van der Waals surface area contributed by atoms with Crippen molar-refractivity contribution in [3.8, 4) is 0 Å². The van der Waals surface area contributed by atoms with Crippen molar-refractivity contribution in [2.75, 3.05) is 12.4 Å². The Morgan fingerprint density at radius 2 is 1.90 bits per heavy atom. The van der Waals surface area contributed by atoms with Crippen LogP contribution in [0.5, 0.6) is 0 Å². The molecule has 5 nitrogen and oxygen atoms in total. The Morgan fingerprint density at radius 3 is 2.57 bits per heavy atom. The molecule has 1 aromatic heterocycles. The molecule has 0 aliphatic heterocycles. The Bertz CT molecular complexity index is 641. The van der Waals surface area contributed by atoms with Crippen LogP contribution < -0.4 is 5.32 Å². The van der Waals surface area contributed by atoms with E-state index in [0.717, 1.165) is 11.1 Å². The van der Waals surface area contributed by atoms with E-state index in [1.165, 1.54) is 4.90 Å². The van der Waals surface area contributed by atoms with Gasteiger partial charge in [0.15, 0.2) is 0 Å². The first-order valence-electron chi connectivity index (χ1n) is 6.59. The molecule has 2 aromatic rings. The van der Waals surface area contributed by atoms with E-state index in [9.17, 15) is 9.59 Å². The van der Waals surface area contributed by atoms with Gasteiger partial charge >= 0.3 is 11.8 Å². The van der Waals surface area contributed by atoms with E-state index >= 15 is 0 Å². The number of carbonyl (C=O) groups is 2. The zero-order valence-corrected chi connectivity index (χ0v) is 12.0. The Morgan fingerprint density at radius 1 is 1.19 bits per heavy atom. The van der Waals surface area contributed by atoms with Crippen LogP contribution >= 0.6 is 0 Å². The number of benzene rings is 1. The van der Waals surface area contributed by atoms with Gasteiger partial charge in [-0.2, -0.15) is 0 Å². The molecule has 0 aliphatic carbocycles. The fourth-order valence-corrected chi connectivity index (χ4v) is 1.88. The van der Waals surface area contributed by atoms with Crippen LogP contribution in [0.2, 0.25) is 0 Å². The van der Waals surface area contributed by atoms with Crippen molar-refractivity contribution in [1.29, 1.82) is 0 Å². The molecule has 0 aliphatic rings. The third-order valence-corrected chi connectivity index (χ3v) is 2.96. The Hall–Kier alpha value is -2.69. The van der Waals surface area contributed by atoms with Gasteiger partial charge in [0.05, 0.1) is 0 Å². The van der Waals surface area contributed by atoms with Gasteiger partial charge in [0.1, 0.15) is 5.82 Å². The molecule has 0 radical (unpaired) electrons. The standard InChI is InChI=1S/C16H17N3O2/c1-12-8-9-17-14(10-12)18-15(20)16(21)19(2)11-13-6-4-3-5-7-13/h3-10H,11H2,1-2H3,(H,17,18,20). The van der Waals surface area contributed by atoms with E-state index in [1.807, 2.05) is 43.3 Å². The number of anilines is 1. The zero-order chi connectivity index (χ0) is 15.2. The molecule has 1 aromatic carbocycles.